The van der Waals surface area contributed by atoms with Crippen molar-refractivity contribution in [2.75, 3.05) is 17.3 Å². The third-order valence-corrected chi connectivity index (χ3v) is 9.73. The predicted octanol–water partition coefficient (Wildman–Crippen LogP) is 1.68. The monoisotopic (exact) mass is 499 g/mol. The Morgan fingerprint density at radius 1 is 1.48 bits per heavy atom. The van der Waals surface area contributed by atoms with Crippen molar-refractivity contribution >= 4 is 63.4 Å². The fourth-order valence-corrected chi connectivity index (χ4v) is 7.48. The maximum atomic E-state index is 12.7. The molecule has 0 radical (unpaired) electrons. The lowest BCUT2D eigenvalue weighted by Crippen LogP contribution is -2.70. The Morgan fingerprint density at radius 3 is 2.94 bits per heavy atom. The number of carbonyl (C=O) groups excluding carboxylic acids is 2. The van der Waals surface area contributed by atoms with Crippen molar-refractivity contribution in [3.05, 3.63) is 40.9 Å². The number of hydrogen-bond donors (Lipinski definition) is 2. The summed E-state index contributed by atoms with van der Waals surface area (Å²) < 4.78 is 18.1. The normalized spacial score (nSPS) is 21.5. The zero-order chi connectivity index (χ0) is 22.1. The van der Waals surface area contributed by atoms with Crippen molar-refractivity contribution in [2.45, 2.75) is 27.6 Å². The average Bonchev–Trinajstić information content (AvgIpc) is 3.41. The van der Waals surface area contributed by atoms with Crippen molar-refractivity contribution in [2.24, 2.45) is 0 Å². The van der Waals surface area contributed by atoms with Gasteiger partial charge in [-0.25, -0.2) is 9.78 Å². The number of carboxylic acids is 1. The van der Waals surface area contributed by atoms with Crippen LogP contribution in [0, 0.1) is 6.92 Å². The van der Waals surface area contributed by atoms with Gasteiger partial charge in [0.1, 0.15) is 22.9 Å². The fraction of sp³-hybridized carbons (Fsp3) is 0.333. The predicted molar refractivity (Wildman–Crippen MR) is 117 cm³/mol. The highest BCUT2D eigenvalue weighted by atomic mass is 32.2. The number of rotatable bonds is 8. The minimum absolute atomic E-state index is 0.0499. The van der Waals surface area contributed by atoms with Gasteiger partial charge in [0, 0.05) is 11.5 Å². The molecule has 2 aromatic rings. The van der Waals surface area contributed by atoms with Crippen LogP contribution in [0.2, 0.25) is 0 Å². The Labute approximate surface area is 192 Å². The summed E-state index contributed by atoms with van der Waals surface area (Å²) in [7, 11) is -1.48. The molecular weight excluding hydrogens is 482 g/mol. The zero-order valence-corrected chi connectivity index (χ0v) is 19.4. The van der Waals surface area contributed by atoms with Crippen molar-refractivity contribution in [3.8, 4) is 0 Å². The highest BCUT2D eigenvalue weighted by molar-refractivity contribution is 8.01. The number of fused-ring (bicyclic) bond motifs is 1. The number of thiophene rings is 1. The van der Waals surface area contributed by atoms with Crippen LogP contribution in [0.25, 0.3) is 0 Å². The Kier molecular flexibility index (Phi) is 6.55. The second-order valence-corrected chi connectivity index (χ2v) is 11.3. The summed E-state index contributed by atoms with van der Waals surface area (Å²) in [5, 5.41) is 14.2. The molecule has 4 heterocycles. The highest BCUT2D eigenvalue weighted by Crippen LogP contribution is 2.41. The second-order valence-electron chi connectivity index (χ2n) is 6.65. The van der Waals surface area contributed by atoms with E-state index in [-0.39, 0.29) is 11.4 Å². The van der Waals surface area contributed by atoms with Crippen LogP contribution in [-0.2, 0) is 25.2 Å². The molecule has 2 amide bonds. The number of thioether (sulfide) groups is 2. The Hall–Kier alpha value is -2.09. The first-order valence-electron chi connectivity index (χ1n) is 9.01. The molecule has 2 aliphatic rings. The summed E-state index contributed by atoms with van der Waals surface area (Å²) >= 11 is 4.01. The summed E-state index contributed by atoms with van der Waals surface area (Å²) in [4.78, 5) is 42.1. The maximum absolute atomic E-state index is 12.7. The topological polar surface area (TPSA) is 130 Å². The van der Waals surface area contributed by atoms with E-state index in [1.807, 2.05) is 0 Å². The van der Waals surface area contributed by atoms with Crippen LogP contribution in [0.5, 0.6) is 0 Å². The third-order valence-electron chi connectivity index (χ3n) is 4.63. The van der Waals surface area contributed by atoms with E-state index >= 15 is 0 Å². The SMILES string of the molecule is Cc1ncoc1SCC1=C(C(=O)O)N2C(=O)C(NC(=O)CS(=O)c3cccs3)[C@H]2SC1. The van der Waals surface area contributed by atoms with Crippen LogP contribution >= 0.6 is 34.9 Å². The van der Waals surface area contributed by atoms with Crippen molar-refractivity contribution in [3.63, 3.8) is 0 Å². The molecule has 2 aliphatic heterocycles. The van der Waals surface area contributed by atoms with E-state index < -0.39 is 40.0 Å². The minimum atomic E-state index is -1.48. The molecule has 1 fully saturated rings. The van der Waals surface area contributed by atoms with E-state index in [2.05, 4.69) is 10.3 Å². The van der Waals surface area contributed by atoms with Gasteiger partial charge in [-0.3, -0.25) is 18.7 Å². The lowest BCUT2D eigenvalue weighted by atomic mass is 10.0. The minimum Gasteiger partial charge on any atom is -0.477 e. The molecule has 2 N–H and O–H groups in total. The number of aliphatic carboxylic acids is 1. The summed E-state index contributed by atoms with van der Waals surface area (Å²) in [6.07, 6.45) is 1.33. The Morgan fingerprint density at radius 2 is 2.29 bits per heavy atom. The molecule has 0 spiro atoms. The molecule has 13 heteroatoms. The maximum Gasteiger partial charge on any atom is 0.352 e. The molecule has 1 saturated heterocycles. The fourth-order valence-electron chi connectivity index (χ4n) is 3.18. The van der Waals surface area contributed by atoms with Gasteiger partial charge in [0.05, 0.1) is 20.7 Å². The summed E-state index contributed by atoms with van der Waals surface area (Å²) in [6, 6.07) is 2.60. The molecule has 0 aromatic carbocycles. The summed E-state index contributed by atoms with van der Waals surface area (Å²) in [6.45, 7) is 1.79. The third kappa shape index (κ3) is 4.45. The molecule has 0 aliphatic carbocycles. The first-order valence-corrected chi connectivity index (χ1v) is 13.2. The van der Waals surface area contributed by atoms with Crippen molar-refractivity contribution < 1.29 is 28.1 Å². The van der Waals surface area contributed by atoms with E-state index in [1.54, 1.807) is 24.4 Å². The van der Waals surface area contributed by atoms with Crippen molar-refractivity contribution in [1.29, 1.82) is 0 Å². The number of nitrogens with one attached hydrogen (secondary N) is 1. The van der Waals surface area contributed by atoms with Gasteiger partial charge in [0.2, 0.25) is 5.91 Å². The van der Waals surface area contributed by atoms with Crippen LogP contribution in [0.4, 0.5) is 0 Å². The van der Waals surface area contributed by atoms with E-state index in [0.29, 0.717) is 32.1 Å². The molecule has 31 heavy (non-hydrogen) atoms. The van der Waals surface area contributed by atoms with E-state index in [0.717, 1.165) is 0 Å². The number of aromatic nitrogens is 1. The number of β-lactam (4-membered cyclic amide) rings is 1. The lowest BCUT2D eigenvalue weighted by Gasteiger charge is -2.49. The van der Waals surface area contributed by atoms with Crippen LogP contribution < -0.4 is 5.32 Å². The number of carboxylic acid groups (broad SMARTS) is 1. The van der Waals surface area contributed by atoms with E-state index in [1.165, 1.54) is 46.2 Å². The standard InChI is InChI=1S/C18H17N3O6S4/c1-9-18(27-8-19-9)30-6-10-5-29-16-13(15(23)21(16)14(10)17(24)25)20-11(22)7-31(26)12-3-2-4-28-12/h2-4,8,13,16H,5-7H2,1H3,(H,20,22)(H,24,25)/t13?,16-,31?/m1/s1. The molecule has 164 valence electrons. The lowest BCUT2D eigenvalue weighted by molar-refractivity contribution is -0.150. The van der Waals surface area contributed by atoms with Gasteiger partial charge in [-0.2, -0.15) is 0 Å². The Balaban J connectivity index is 1.42. The molecule has 9 nitrogen and oxygen atoms in total. The molecular formula is C18H17N3O6S4. The highest BCUT2D eigenvalue weighted by Gasteiger charge is 2.54. The molecule has 4 rings (SSSR count). The molecule has 2 unspecified atom stereocenters. The van der Waals surface area contributed by atoms with Crippen LogP contribution in [0.1, 0.15) is 5.69 Å². The first kappa shape index (κ1) is 22.1. The van der Waals surface area contributed by atoms with Gasteiger partial charge >= 0.3 is 5.97 Å². The quantitative estimate of drug-likeness (QED) is 0.411. The summed E-state index contributed by atoms with van der Waals surface area (Å²) in [5.74, 6) is -1.67. The Bertz CT molecular complexity index is 1080. The number of aryl methyl sites for hydroxylation is 1. The molecule has 3 atom stereocenters. The molecule has 0 bridgehead atoms. The van der Waals surface area contributed by atoms with E-state index in [4.69, 9.17) is 4.42 Å². The molecule has 0 saturated carbocycles. The largest absolute Gasteiger partial charge is 0.477 e. The van der Waals surface area contributed by atoms with Gasteiger partial charge < -0.3 is 14.8 Å². The number of oxazole rings is 1. The van der Waals surface area contributed by atoms with E-state index in [9.17, 15) is 23.7 Å². The van der Waals surface area contributed by atoms with Gasteiger partial charge in [0.25, 0.3) is 5.91 Å². The number of nitrogens with zero attached hydrogens (tertiary/aromatic N) is 2. The van der Waals surface area contributed by atoms with Crippen molar-refractivity contribution in [1.82, 2.24) is 15.2 Å². The first-order chi connectivity index (χ1) is 14.9. The zero-order valence-electron chi connectivity index (χ0n) is 16.1. The number of carbonyl (C=O) groups is 3. The second kappa shape index (κ2) is 9.18. The van der Waals surface area contributed by atoms with Crippen LogP contribution in [0.15, 0.2) is 48.9 Å². The smallest absolute Gasteiger partial charge is 0.352 e. The molecule has 2 aromatic heterocycles. The average molecular weight is 500 g/mol. The number of amides is 2. The van der Waals surface area contributed by atoms with Gasteiger partial charge in [-0.05, 0) is 23.9 Å². The van der Waals surface area contributed by atoms with Gasteiger partial charge in [-0.1, -0.05) is 17.8 Å². The van der Waals surface area contributed by atoms with Gasteiger partial charge in [0.15, 0.2) is 11.5 Å². The van der Waals surface area contributed by atoms with Crippen LogP contribution in [0.3, 0.4) is 0 Å². The summed E-state index contributed by atoms with van der Waals surface area (Å²) in [5.41, 5.74) is 1.27. The van der Waals surface area contributed by atoms with Crippen LogP contribution in [-0.4, -0.2) is 65.7 Å². The van der Waals surface area contributed by atoms with Gasteiger partial charge in [-0.15, -0.1) is 23.1 Å². The number of hydrogen-bond acceptors (Lipinski definition) is 9.